The maximum Gasteiger partial charge on any atom is 0.306 e. The molecule has 2 N–H and O–H groups in total. The number of carboxylic acids is 3. The Morgan fingerprint density at radius 3 is 1.22 bits per heavy atom. The van der Waals surface area contributed by atoms with Crippen molar-refractivity contribution >= 4 is 17.9 Å². The lowest BCUT2D eigenvalue weighted by Crippen LogP contribution is -2.52. The van der Waals surface area contributed by atoms with Gasteiger partial charge in [0.25, 0.3) is 0 Å². The van der Waals surface area contributed by atoms with Crippen LogP contribution in [0.1, 0.15) is 169 Å². The molecule has 0 aliphatic rings. The first kappa shape index (κ1) is 43.1. The van der Waals surface area contributed by atoms with Crippen LogP contribution < -0.4 is 5.11 Å². The molecule has 0 aliphatic heterocycles. The van der Waals surface area contributed by atoms with E-state index in [1.165, 1.54) is 103 Å². The standard InChI is InChI=1S/C38H71NO6/c1-5-6-7-8-9-10-11-12-13-14-15-16-17-18-19-20-21-22-23-24-25-29-39(30-26-33(2)36(40)41,31-27-34(3)37(42)43)32-28-35(4)38(44)45/h13-14,33-35H,5-12,15-32H2,1-4H3,(H2-,40,41,42,43,44,45)/b14-13+. The molecule has 0 amide bonds. The normalized spacial score (nSPS) is 15.1. The SMILES string of the molecule is CCCCCCCCC/C=C/CCCCCCCCCCCC[N+](CCC(C)C(=O)[O-])(CCC(C)C(=O)O)CCC(C)C(=O)O. The zero-order valence-corrected chi connectivity index (χ0v) is 29.7. The molecule has 7 nitrogen and oxygen atoms in total. The molecule has 7 heteroatoms. The van der Waals surface area contributed by atoms with Gasteiger partial charge in [0.15, 0.2) is 0 Å². The Balaban J connectivity index is 4.35. The van der Waals surface area contributed by atoms with E-state index in [9.17, 15) is 29.7 Å². The summed E-state index contributed by atoms with van der Waals surface area (Å²) in [6, 6.07) is 0. The van der Waals surface area contributed by atoms with Gasteiger partial charge >= 0.3 is 11.9 Å². The van der Waals surface area contributed by atoms with Crippen LogP contribution in [0.15, 0.2) is 12.2 Å². The summed E-state index contributed by atoms with van der Waals surface area (Å²) in [6.07, 6.45) is 30.5. The number of carboxylic acid groups (broad SMARTS) is 3. The summed E-state index contributed by atoms with van der Waals surface area (Å²) >= 11 is 0. The molecule has 0 fully saturated rings. The van der Waals surface area contributed by atoms with Gasteiger partial charge in [0.1, 0.15) is 0 Å². The minimum Gasteiger partial charge on any atom is -0.550 e. The van der Waals surface area contributed by atoms with Crippen molar-refractivity contribution in [1.82, 2.24) is 0 Å². The van der Waals surface area contributed by atoms with Crippen molar-refractivity contribution < 1.29 is 34.2 Å². The van der Waals surface area contributed by atoms with E-state index in [0.29, 0.717) is 43.4 Å². The number of nitrogens with zero attached hydrogens (tertiary/aromatic N) is 1. The van der Waals surface area contributed by atoms with E-state index in [0.717, 1.165) is 25.8 Å². The van der Waals surface area contributed by atoms with Crippen LogP contribution in [0.25, 0.3) is 0 Å². The topological polar surface area (TPSA) is 115 Å². The summed E-state index contributed by atoms with van der Waals surface area (Å²) in [5.74, 6) is -4.31. The molecule has 3 unspecified atom stereocenters. The van der Waals surface area contributed by atoms with Gasteiger partial charge < -0.3 is 24.6 Å². The fraction of sp³-hybridized carbons (Fsp3) is 0.868. The summed E-state index contributed by atoms with van der Waals surface area (Å²) in [5.41, 5.74) is 0. The van der Waals surface area contributed by atoms with Gasteiger partial charge in [-0.1, -0.05) is 123 Å². The number of rotatable bonds is 33. The second kappa shape index (κ2) is 28.3. The number of quaternary nitrogens is 1. The Hall–Kier alpha value is -1.89. The van der Waals surface area contributed by atoms with Crippen molar-refractivity contribution in [2.45, 2.75) is 169 Å². The van der Waals surface area contributed by atoms with Gasteiger partial charge in [-0.15, -0.1) is 0 Å². The number of carbonyl (C=O) groups is 3. The highest BCUT2D eigenvalue weighted by atomic mass is 16.4. The average molecular weight is 638 g/mol. The van der Waals surface area contributed by atoms with Gasteiger partial charge in [-0.25, -0.2) is 0 Å². The van der Waals surface area contributed by atoms with E-state index < -0.39 is 35.7 Å². The van der Waals surface area contributed by atoms with E-state index >= 15 is 0 Å². The van der Waals surface area contributed by atoms with Crippen LogP contribution in [0.3, 0.4) is 0 Å². The largest absolute Gasteiger partial charge is 0.550 e. The highest BCUT2D eigenvalue weighted by Crippen LogP contribution is 2.22. The van der Waals surface area contributed by atoms with Crippen LogP contribution in [0, 0.1) is 17.8 Å². The number of unbranched alkanes of at least 4 members (excludes halogenated alkanes) is 17. The Labute approximate surface area is 276 Å². The maximum absolute atomic E-state index is 11.5. The van der Waals surface area contributed by atoms with Crippen LogP contribution in [0.4, 0.5) is 0 Å². The van der Waals surface area contributed by atoms with Crippen molar-refractivity contribution in [3.63, 3.8) is 0 Å². The highest BCUT2D eigenvalue weighted by Gasteiger charge is 2.30. The minimum atomic E-state index is -1.07. The molecule has 0 aromatic rings. The fourth-order valence-electron chi connectivity index (χ4n) is 6.02. The molecule has 0 saturated carbocycles. The molecule has 0 radical (unpaired) electrons. The Bertz CT molecular complexity index is 722. The molecule has 0 rings (SSSR count). The fourth-order valence-corrected chi connectivity index (χ4v) is 6.02. The molecule has 45 heavy (non-hydrogen) atoms. The van der Waals surface area contributed by atoms with Gasteiger partial charge in [0.2, 0.25) is 0 Å². The van der Waals surface area contributed by atoms with Crippen LogP contribution in [0.2, 0.25) is 0 Å². The van der Waals surface area contributed by atoms with Crippen LogP contribution >= 0.6 is 0 Å². The van der Waals surface area contributed by atoms with Gasteiger partial charge in [0, 0.05) is 31.1 Å². The second-order valence-corrected chi connectivity index (χ2v) is 14.0. The lowest BCUT2D eigenvalue weighted by Gasteiger charge is -2.41. The summed E-state index contributed by atoms with van der Waals surface area (Å²) < 4.78 is 0.584. The molecule has 0 heterocycles. The van der Waals surface area contributed by atoms with Crippen molar-refractivity contribution in [2.24, 2.45) is 17.8 Å². The van der Waals surface area contributed by atoms with Crippen LogP contribution in [-0.2, 0) is 14.4 Å². The summed E-state index contributed by atoms with van der Waals surface area (Å²) in [4.78, 5) is 34.4. The zero-order chi connectivity index (χ0) is 33.8. The molecule has 264 valence electrons. The van der Waals surface area contributed by atoms with E-state index in [1.807, 2.05) is 0 Å². The number of aliphatic carboxylic acids is 3. The molecule has 0 aromatic heterocycles. The quantitative estimate of drug-likeness (QED) is 0.0422. The van der Waals surface area contributed by atoms with Gasteiger partial charge in [-0.05, 0) is 38.5 Å². The van der Waals surface area contributed by atoms with E-state index in [2.05, 4.69) is 19.1 Å². The molecule has 0 aliphatic carbocycles. The summed E-state index contributed by atoms with van der Waals surface area (Å²) in [5, 5.41) is 30.3. The zero-order valence-electron chi connectivity index (χ0n) is 29.7. The number of carbonyl (C=O) groups excluding carboxylic acids is 1. The van der Waals surface area contributed by atoms with E-state index in [4.69, 9.17) is 0 Å². The summed E-state index contributed by atoms with van der Waals surface area (Å²) in [6.45, 7) is 9.99. The van der Waals surface area contributed by atoms with Crippen molar-refractivity contribution in [1.29, 1.82) is 0 Å². The van der Waals surface area contributed by atoms with Crippen LogP contribution in [0.5, 0.6) is 0 Å². The Morgan fingerprint density at radius 2 is 0.867 bits per heavy atom. The van der Waals surface area contributed by atoms with E-state index in [-0.39, 0.29) is 0 Å². The molecule has 0 spiro atoms. The third-order valence-electron chi connectivity index (χ3n) is 9.75. The van der Waals surface area contributed by atoms with Crippen LogP contribution in [-0.4, -0.2) is 58.8 Å². The van der Waals surface area contributed by atoms with Gasteiger partial charge in [0.05, 0.1) is 38.0 Å². The van der Waals surface area contributed by atoms with Gasteiger partial charge in [-0.3, -0.25) is 9.59 Å². The molecule has 0 bridgehead atoms. The van der Waals surface area contributed by atoms with Gasteiger partial charge in [-0.2, -0.15) is 0 Å². The first-order valence-corrected chi connectivity index (χ1v) is 18.7. The molecular weight excluding hydrogens is 566 g/mol. The lowest BCUT2D eigenvalue weighted by molar-refractivity contribution is -0.929. The molecule has 0 aromatic carbocycles. The third-order valence-corrected chi connectivity index (χ3v) is 9.75. The second-order valence-electron chi connectivity index (χ2n) is 14.0. The minimum absolute atomic E-state index is 0.445. The molecule has 0 saturated heterocycles. The van der Waals surface area contributed by atoms with Crippen molar-refractivity contribution in [3.8, 4) is 0 Å². The lowest BCUT2D eigenvalue weighted by atomic mass is 10.0. The number of hydrogen-bond donors (Lipinski definition) is 2. The maximum atomic E-state index is 11.5. The Kier molecular flexibility index (Phi) is 27.2. The first-order chi connectivity index (χ1) is 21.5. The monoisotopic (exact) mass is 638 g/mol. The highest BCUT2D eigenvalue weighted by molar-refractivity contribution is 5.69. The smallest absolute Gasteiger partial charge is 0.306 e. The average Bonchev–Trinajstić information content (AvgIpc) is 3.01. The number of hydrogen-bond acceptors (Lipinski definition) is 4. The predicted molar refractivity (Wildman–Crippen MR) is 184 cm³/mol. The first-order valence-electron chi connectivity index (χ1n) is 18.7. The predicted octanol–water partition coefficient (Wildman–Crippen LogP) is 8.79. The summed E-state index contributed by atoms with van der Waals surface area (Å²) in [7, 11) is 0. The van der Waals surface area contributed by atoms with E-state index in [1.54, 1.807) is 20.8 Å². The van der Waals surface area contributed by atoms with Crippen molar-refractivity contribution in [3.05, 3.63) is 12.2 Å². The van der Waals surface area contributed by atoms with Crippen molar-refractivity contribution in [2.75, 3.05) is 26.2 Å². The Morgan fingerprint density at radius 1 is 0.533 bits per heavy atom. The number of allylic oxidation sites excluding steroid dienone is 2. The molecular formula is C38H71NO6. The third kappa shape index (κ3) is 24.9. The molecule has 3 atom stereocenters.